The Morgan fingerprint density at radius 3 is 2.82 bits per heavy atom. The van der Waals surface area contributed by atoms with Crippen LogP contribution in [0, 0.1) is 0 Å². The van der Waals surface area contributed by atoms with Gasteiger partial charge in [-0.3, -0.25) is 13.9 Å². The van der Waals surface area contributed by atoms with Crippen LogP contribution in [0.4, 0.5) is 5.82 Å². The van der Waals surface area contributed by atoms with Gasteiger partial charge in [0.15, 0.2) is 5.82 Å². The molecule has 0 amide bonds. The number of para-hydroxylation sites is 1. The standard InChI is InChI=1S/C24H25ClN6O3/c1-2-3-10-30-22-17(13-19(25)27-22)23(32)31(24(30)33)11-6-9-21-28-20(29-34-21)12-15-14-26-18-8-5-4-7-16(15)18/h4-5,7-8,14,26H,2-3,6,9-13H2,1H3. The molecule has 0 saturated carbocycles. The van der Waals surface area contributed by atoms with Gasteiger partial charge >= 0.3 is 5.69 Å². The van der Waals surface area contributed by atoms with Crippen molar-refractivity contribution in [3.63, 3.8) is 0 Å². The van der Waals surface area contributed by atoms with Crippen molar-refractivity contribution in [1.82, 2.24) is 24.3 Å². The van der Waals surface area contributed by atoms with Gasteiger partial charge in [-0.2, -0.15) is 4.98 Å². The Hall–Kier alpha value is -3.46. The summed E-state index contributed by atoms with van der Waals surface area (Å²) in [6.45, 7) is 2.82. The van der Waals surface area contributed by atoms with E-state index in [2.05, 4.69) is 33.1 Å². The average molecular weight is 481 g/mol. The Morgan fingerprint density at radius 2 is 1.97 bits per heavy atom. The number of rotatable bonds is 9. The Balaban J connectivity index is 1.29. The molecular formula is C24H25ClN6O3. The zero-order valence-corrected chi connectivity index (χ0v) is 19.6. The van der Waals surface area contributed by atoms with Crippen LogP contribution in [0.5, 0.6) is 0 Å². The maximum atomic E-state index is 13.1. The molecule has 1 aliphatic heterocycles. The molecule has 0 unspecified atom stereocenters. The lowest BCUT2D eigenvalue weighted by Gasteiger charge is -2.13. The first-order chi connectivity index (χ1) is 16.5. The van der Waals surface area contributed by atoms with Crippen LogP contribution in [0.25, 0.3) is 10.9 Å². The zero-order chi connectivity index (χ0) is 23.7. The van der Waals surface area contributed by atoms with E-state index in [0.717, 1.165) is 29.3 Å². The summed E-state index contributed by atoms with van der Waals surface area (Å²) in [5, 5.41) is 5.57. The molecular weight excluding hydrogens is 456 g/mol. The molecule has 0 spiro atoms. The first-order valence-corrected chi connectivity index (χ1v) is 11.9. The number of hydrogen-bond donors (Lipinski definition) is 1. The van der Waals surface area contributed by atoms with Crippen molar-refractivity contribution < 1.29 is 4.52 Å². The molecule has 34 heavy (non-hydrogen) atoms. The highest BCUT2D eigenvalue weighted by Gasteiger charge is 2.24. The Labute approximate surface area is 200 Å². The number of hydrogen-bond acceptors (Lipinski definition) is 6. The number of benzene rings is 1. The predicted molar refractivity (Wildman–Crippen MR) is 130 cm³/mol. The molecule has 0 radical (unpaired) electrons. The van der Waals surface area contributed by atoms with Crippen molar-refractivity contribution in [3.05, 3.63) is 74.1 Å². The zero-order valence-electron chi connectivity index (χ0n) is 18.9. The number of unbranched alkanes of at least 4 members (excludes halogenated alkanes) is 1. The highest BCUT2D eigenvalue weighted by atomic mass is 35.5. The molecule has 0 atom stereocenters. The first kappa shape index (κ1) is 22.3. The van der Waals surface area contributed by atoms with Crippen molar-refractivity contribution in [2.45, 2.75) is 58.5 Å². The topological polar surface area (TPSA) is 111 Å². The summed E-state index contributed by atoms with van der Waals surface area (Å²) in [7, 11) is 0. The molecule has 1 aromatic carbocycles. The number of aromatic nitrogens is 5. The van der Waals surface area contributed by atoms with Crippen molar-refractivity contribution in [3.8, 4) is 0 Å². The fourth-order valence-electron chi connectivity index (χ4n) is 4.34. The van der Waals surface area contributed by atoms with E-state index in [1.165, 1.54) is 4.57 Å². The van der Waals surface area contributed by atoms with E-state index in [1.807, 2.05) is 24.4 Å². The monoisotopic (exact) mass is 480 g/mol. The normalized spacial score (nSPS) is 12.9. The first-order valence-electron chi connectivity index (χ1n) is 11.5. The van der Waals surface area contributed by atoms with E-state index in [9.17, 15) is 9.59 Å². The molecule has 4 aromatic rings. The molecule has 5 rings (SSSR count). The van der Waals surface area contributed by atoms with Gasteiger partial charge < -0.3 is 9.51 Å². The van der Waals surface area contributed by atoms with Gasteiger partial charge in [-0.15, -0.1) is 0 Å². The van der Waals surface area contributed by atoms with Crippen LogP contribution in [0.15, 0.2) is 49.6 Å². The molecule has 0 saturated heterocycles. The lowest BCUT2D eigenvalue weighted by atomic mass is 10.1. The van der Waals surface area contributed by atoms with E-state index in [0.29, 0.717) is 54.1 Å². The second kappa shape index (κ2) is 9.42. The van der Waals surface area contributed by atoms with Gasteiger partial charge in [0.05, 0.1) is 5.56 Å². The Kier molecular flexibility index (Phi) is 6.19. The van der Waals surface area contributed by atoms with E-state index in [4.69, 9.17) is 16.1 Å². The van der Waals surface area contributed by atoms with Crippen LogP contribution in [0.2, 0.25) is 0 Å². The second-order valence-corrected chi connectivity index (χ2v) is 8.89. The number of aryl methyl sites for hydroxylation is 1. The van der Waals surface area contributed by atoms with Gasteiger partial charge in [-0.05, 0) is 24.5 Å². The minimum atomic E-state index is -0.349. The number of aromatic amines is 1. The minimum absolute atomic E-state index is 0.259. The second-order valence-electron chi connectivity index (χ2n) is 8.46. The molecule has 176 valence electrons. The molecule has 1 aliphatic rings. The van der Waals surface area contributed by atoms with E-state index in [-0.39, 0.29) is 24.2 Å². The van der Waals surface area contributed by atoms with Gasteiger partial charge in [-0.1, -0.05) is 48.3 Å². The molecule has 0 fully saturated rings. The van der Waals surface area contributed by atoms with Gasteiger partial charge in [0.2, 0.25) is 5.89 Å². The third kappa shape index (κ3) is 4.23. The summed E-state index contributed by atoms with van der Waals surface area (Å²) in [6.07, 6.45) is 5.51. The third-order valence-electron chi connectivity index (χ3n) is 6.08. The van der Waals surface area contributed by atoms with Gasteiger partial charge in [0, 0.05) is 49.5 Å². The van der Waals surface area contributed by atoms with E-state index < -0.39 is 0 Å². The van der Waals surface area contributed by atoms with Crippen LogP contribution < -0.4 is 11.2 Å². The average Bonchev–Trinajstić information content (AvgIpc) is 3.55. The molecule has 0 bridgehead atoms. The fraction of sp³-hybridized carbons (Fsp3) is 0.375. The lowest BCUT2D eigenvalue weighted by Crippen LogP contribution is -2.41. The quantitative estimate of drug-likeness (QED) is 0.392. The Bertz CT molecular complexity index is 1490. The van der Waals surface area contributed by atoms with Gasteiger partial charge in [0.25, 0.3) is 5.56 Å². The number of nitrogens with zero attached hydrogens (tertiary/aromatic N) is 5. The van der Waals surface area contributed by atoms with Gasteiger partial charge in [0.1, 0.15) is 11.0 Å². The summed E-state index contributed by atoms with van der Waals surface area (Å²) >= 11 is 6.09. The van der Waals surface area contributed by atoms with Crippen molar-refractivity contribution in [2.24, 2.45) is 4.99 Å². The maximum absolute atomic E-state index is 13.1. The van der Waals surface area contributed by atoms with E-state index >= 15 is 0 Å². The van der Waals surface area contributed by atoms with Crippen LogP contribution >= 0.6 is 11.6 Å². The van der Waals surface area contributed by atoms with Crippen LogP contribution in [-0.2, 0) is 32.4 Å². The molecule has 10 heteroatoms. The smallest absolute Gasteiger partial charge is 0.332 e. The number of aliphatic imine (C=N–C) groups is 1. The minimum Gasteiger partial charge on any atom is -0.361 e. The van der Waals surface area contributed by atoms with Crippen molar-refractivity contribution in [2.75, 3.05) is 0 Å². The van der Waals surface area contributed by atoms with Crippen molar-refractivity contribution >= 4 is 33.5 Å². The highest BCUT2D eigenvalue weighted by molar-refractivity contribution is 6.66. The SMILES string of the molecule is CCCCn1c2c(c(=O)n(CCCc3nc(Cc4c[nH]c5ccccc45)no3)c1=O)CC(Cl)=N2. The maximum Gasteiger partial charge on any atom is 0.332 e. The molecule has 0 aliphatic carbocycles. The van der Waals surface area contributed by atoms with Crippen molar-refractivity contribution in [1.29, 1.82) is 0 Å². The molecule has 3 aromatic heterocycles. The Morgan fingerprint density at radius 1 is 1.15 bits per heavy atom. The lowest BCUT2D eigenvalue weighted by molar-refractivity contribution is 0.366. The largest absolute Gasteiger partial charge is 0.361 e. The molecule has 4 heterocycles. The van der Waals surface area contributed by atoms with Gasteiger partial charge in [-0.25, -0.2) is 9.79 Å². The number of nitrogens with one attached hydrogen (secondary N) is 1. The summed E-state index contributed by atoms with van der Waals surface area (Å²) in [6, 6.07) is 8.07. The molecule has 9 nitrogen and oxygen atoms in total. The molecule has 1 N–H and O–H groups in total. The number of halogens is 1. The third-order valence-corrected chi connectivity index (χ3v) is 6.30. The van der Waals surface area contributed by atoms with Crippen LogP contribution in [0.1, 0.15) is 49.0 Å². The van der Waals surface area contributed by atoms with Crippen LogP contribution in [0.3, 0.4) is 0 Å². The summed E-state index contributed by atoms with van der Waals surface area (Å²) in [5.41, 5.74) is 1.98. The summed E-state index contributed by atoms with van der Waals surface area (Å²) in [5.74, 6) is 1.49. The number of H-pyrrole nitrogens is 1. The fourth-order valence-corrected chi connectivity index (χ4v) is 4.56. The van der Waals surface area contributed by atoms with E-state index in [1.54, 1.807) is 4.57 Å². The van der Waals surface area contributed by atoms with Crippen LogP contribution in [-0.4, -0.2) is 29.4 Å². The number of fused-ring (bicyclic) bond motifs is 2. The summed E-state index contributed by atoms with van der Waals surface area (Å²) < 4.78 is 8.26. The summed E-state index contributed by atoms with van der Waals surface area (Å²) in [4.78, 5) is 38.0. The highest BCUT2D eigenvalue weighted by Crippen LogP contribution is 2.24. The predicted octanol–water partition coefficient (Wildman–Crippen LogP) is 3.72.